The number of anilines is 2. The fraction of sp³-hybridized carbons (Fsp3) is 0.269. The number of hydrogen-bond donors (Lipinski definition) is 0. The smallest absolute Gasteiger partial charge is 0.230 e. The van der Waals surface area contributed by atoms with Crippen molar-refractivity contribution in [1.29, 1.82) is 0 Å². The number of aromatic nitrogens is 3. The van der Waals surface area contributed by atoms with Crippen LogP contribution in [0.5, 0.6) is 0 Å². The van der Waals surface area contributed by atoms with E-state index in [4.69, 9.17) is 9.97 Å². The van der Waals surface area contributed by atoms with Crippen molar-refractivity contribution in [3.8, 4) is 11.3 Å². The van der Waals surface area contributed by atoms with E-state index in [0.29, 0.717) is 6.04 Å². The Morgan fingerprint density at radius 1 is 1.15 bits per heavy atom. The molecule has 7 heteroatoms. The molecular weight excluding hydrogens is 448 g/mol. The Kier molecular flexibility index (Phi) is 6.33. The van der Waals surface area contributed by atoms with Crippen LogP contribution in [0.1, 0.15) is 44.0 Å². The molecule has 1 aliphatic carbocycles. The molecule has 2 aromatic carbocycles. The molecule has 0 atom stereocenters. The van der Waals surface area contributed by atoms with Gasteiger partial charge in [0.25, 0.3) is 0 Å². The van der Waals surface area contributed by atoms with E-state index in [-0.39, 0.29) is 5.91 Å². The van der Waals surface area contributed by atoms with E-state index in [2.05, 4.69) is 47.2 Å². The number of amides is 1. The van der Waals surface area contributed by atoms with Crippen molar-refractivity contribution >= 4 is 39.8 Å². The third-order valence-electron chi connectivity index (χ3n) is 5.75. The number of carbonyl (C=O) groups excluding carboxylic acids is 1. The number of carbonyl (C=O) groups is 1. The Bertz CT molecular complexity index is 1260. The van der Waals surface area contributed by atoms with Gasteiger partial charge in [-0.15, -0.1) is 11.3 Å². The van der Waals surface area contributed by atoms with E-state index in [1.807, 2.05) is 30.5 Å². The van der Waals surface area contributed by atoms with Gasteiger partial charge < -0.3 is 4.57 Å². The zero-order chi connectivity index (χ0) is 22.8. The number of hydrogen-bond acceptors (Lipinski definition) is 5. The molecule has 1 saturated carbocycles. The second kappa shape index (κ2) is 9.53. The van der Waals surface area contributed by atoms with Crippen molar-refractivity contribution in [1.82, 2.24) is 14.5 Å². The van der Waals surface area contributed by atoms with Gasteiger partial charge in [0.1, 0.15) is 0 Å². The zero-order valence-corrected chi connectivity index (χ0v) is 20.4. The molecule has 168 valence electrons. The third-order valence-corrected chi connectivity index (χ3v) is 7.63. The van der Waals surface area contributed by atoms with Gasteiger partial charge in [-0.25, -0.2) is 9.97 Å². The molecule has 1 fully saturated rings. The summed E-state index contributed by atoms with van der Waals surface area (Å²) in [5.41, 5.74) is 5.40. The Labute approximate surface area is 202 Å². The highest BCUT2D eigenvalue weighted by molar-refractivity contribution is 7.98. The van der Waals surface area contributed by atoms with E-state index in [1.54, 1.807) is 23.6 Å². The summed E-state index contributed by atoms with van der Waals surface area (Å²) < 4.78 is 2.38. The summed E-state index contributed by atoms with van der Waals surface area (Å²) in [4.78, 5) is 23.8. The number of rotatable bonds is 8. The molecule has 0 radical (unpaired) electrons. The Morgan fingerprint density at radius 3 is 2.64 bits per heavy atom. The molecule has 0 aliphatic heterocycles. The van der Waals surface area contributed by atoms with Gasteiger partial charge in [0.15, 0.2) is 10.3 Å². The van der Waals surface area contributed by atoms with Crippen molar-refractivity contribution in [3.05, 3.63) is 77.4 Å². The lowest BCUT2D eigenvalue weighted by Gasteiger charge is -2.20. The first-order chi connectivity index (χ1) is 16.2. The molecule has 0 saturated heterocycles. The van der Waals surface area contributed by atoms with Crippen molar-refractivity contribution in [2.45, 2.75) is 50.1 Å². The summed E-state index contributed by atoms with van der Waals surface area (Å²) in [5, 5.41) is 3.80. The second-order valence-electron chi connectivity index (χ2n) is 8.14. The Balaban J connectivity index is 1.37. The highest BCUT2D eigenvalue weighted by Gasteiger charge is 2.29. The highest BCUT2D eigenvalue weighted by atomic mass is 32.2. The molecule has 33 heavy (non-hydrogen) atoms. The van der Waals surface area contributed by atoms with Crippen LogP contribution in [-0.4, -0.2) is 20.4 Å². The van der Waals surface area contributed by atoms with E-state index < -0.39 is 0 Å². The van der Waals surface area contributed by atoms with Crippen LogP contribution in [0.2, 0.25) is 0 Å². The third kappa shape index (κ3) is 4.61. The van der Waals surface area contributed by atoms with Gasteiger partial charge in [-0.05, 0) is 36.5 Å². The quantitative estimate of drug-likeness (QED) is 0.261. The molecule has 2 heterocycles. The number of aryl methyl sites for hydroxylation is 1. The minimum Gasteiger partial charge on any atom is -0.316 e. The predicted molar refractivity (Wildman–Crippen MR) is 136 cm³/mol. The Hall–Kier alpha value is -2.90. The minimum atomic E-state index is -0.0266. The van der Waals surface area contributed by atoms with Gasteiger partial charge in [-0.3, -0.25) is 9.69 Å². The second-order valence-corrected chi connectivity index (χ2v) is 9.92. The molecule has 2 aromatic heterocycles. The van der Waals surface area contributed by atoms with Crippen LogP contribution in [0.15, 0.2) is 71.3 Å². The number of thioether (sulfide) groups is 1. The molecule has 0 spiro atoms. The molecule has 0 N–H and O–H groups in total. The van der Waals surface area contributed by atoms with Crippen LogP contribution >= 0.6 is 23.1 Å². The fourth-order valence-electron chi connectivity index (χ4n) is 4.00. The minimum absolute atomic E-state index is 0.0266. The van der Waals surface area contributed by atoms with Gasteiger partial charge in [-0.1, -0.05) is 67.2 Å². The van der Waals surface area contributed by atoms with Gasteiger partial charge in [0, 0.05) is 24.1 Å². The molecule has 1 amide bonds. The maximum Gasteiger partial charge on any atom is 0.230 e. The van der Waals surface area contributed by atoms with Crippen LogP contribution in [0.25, 0.3) is 11.3 Å². The number of imidazole rings is 1. The number of nitrogens with zero attached hydrogens (tertiary/aromatic N) is 4. The van der Waals surface area contributed by atoms with Crippen LogP contribution < -0.4 is 4.90 Å². The lowest BCUT2D eigenvalue weighted by Crippen LogP contribution is -2.23. The maximum absolute atomic E-state index is 12.5. The van der Waals surface area contributed by atoms with Gasteiger partial charge in [-0.2, -0.15) is 0 Å². The van der Waals surface area contributed by atoms with Gasteiger partial charge >= 0.3 is 0 Å². The summed E-state index contributed by atoms with van der Waals surface area (Å²) in [6.45, 7) is 3.70. The lowest BCUT2D eigenvalue weighted by molar-refractivity contribution is -0.115. The number of thiazole rings is 1. The van der Waals surface area contributed by atoms with E-state index in [0.717, 1.165) is 39.4 Å². The molecule has 0 bridgehead atoms. The topological polar surface area (TPSA) is 51.0 Å². The molecular formula is C26H26N4OS2. The molecule has 5 rings (SSSR count). The van der Waals surface area contributed by atoms with E-state index in [1.165, 1.54) is 35.4 Å². The van der Waals surface area contributed by atoms with Crippen LogP contribution in [0.3, 0.4) is 0 Å². The average Bonchev–Trinajstić information content (AvgIpc) is 3.42. The first kappa shape index (κ1) is 21.9. The lowest BCUT2D eigenvalue weighted by atomic mass is 10.1. The van der Waals surface area contributed by atoms with Crippen molar-refractivity contribution in [2.75, 3.05) is 4.90 Å². The first-order valence-corrected chi connectivity index (χ1v) is 13.1. The van der Waals surface area contributed by atoms with E-state index >= 15 is 0 Å². The van der Waals surface area contributed by atoms with E-state index in [9.17, 15) is 4.79 Å². The monoisotopic (exact) mass is 474 g/mol. The Morgan fingerprint density at radius 2 is 1.91 bits per heavy atom. The summed E-state index contributed by atoms with van der Waals surface area (Å²) in [5.74, 6) is 0.691. The normalized spacial score (nSPS) is 13.3. The SMILES string of the molecule is CCc1ccccc1N(C(C)=O)c1nc(CSc2ncc(-c3ccccc3)n2C2CC2)cs1. The summed E-state index contributed by atoms with van der Waals surface area (Å²) in [6.07, 6.45) is 5.26. The number of benzene rings is 2. The summed E-state index contributed by atoms with van der Waals surface area (Å²) >= 11 is 3.23. The van der Waals surface area contributed by atoms with Gasteiger partial charge in [0.2, 0.25) is 5.91 Å². The highest BCUT2D eigenvalue weighted by Crippen LogP contribution is 2.42. The zero-order valence-electron chi connectivity index (χ0n) is 18.8. The molecule has 5 nitrogen and oxygen atoms in total. The maximum atomic E-state index is 12.5. The van der Waals surface area contributed by atoms with Gasteiger partial charge in [0.05, 0.1) is 23.3 Å². The van der Waals surface area contributed by atoms with Crippen molar-refractivity contribution < 1.29 is 4.79 Å². The molecule has 1 aliphatic rings. The molecule has 4 aromatic rings. The van der Waals surface area contributed by atoms with Crippen LogP contribution in [0.4, 0.5) is 10.8 Å². The van der Waals surface area contributed by atoms with Crippen molar-refractivity contribution in [3.63, 3.8) is 0 Å². The summed E-state index contributed by atoms with van der Waals surface area (Å²) in [7, 11) is 0. The largest absolute Gasteiger partial charge is 0.316 e. The number of para-hydroxylation sites is 1. The fourth-order valence-corrected chi connectivity index (χ4v) is 5.92. The first-order valence-electron chi connectivity index (χ1n) is 11.2. The van der Waals surface area contributed by atoms with Crippen molar-refractivity contribution in [2.24, 2.45) is 0 Å². The van der Waals surface area contributed by atoms with Crippen LogP contribution in [-0.2, 0) is 17.0 Å². The standard InChI is InChI=1S/C26H26N4OS2/c1-3-19-9-7-8-12-23(19)29(18(2)31)26-28-21(17-33-26)16-32-25-27-15-24(30(25)22-13-14-22)20-10-5-4-6-11-20/h4-12,15,17,22H,3,13-14,16H2,1-2H3. The summed E-state index contributed by atoms with van der Waals surface area (Å²) in [6, 6.07) is 19.0. The van der Waals surface area contributed by atoms with Crippen LogP contribution in [0, 0.1) is 0 Å². The predicted octanol–water partition coefficient (Wildman–Crippen LogP) is 6.88. The average molecular weight is 475 g/mol. The molecule has 0 unspecified atom stereocenters.